The topological polar surface area (TPSA) is 193 Å². The van der Waals surface area contributed by atoms with Crippen LogP contribution in [0.2, 0.25) is 0 Å². The number of benzene rings is 2. The maximum Gasteiger partial charge on any atom is 0.524 e. The fraction of sp³-hybridized carbons (Fsp3) is 0.429. The lowest BCUT2D eigenvalue weighted by molar-refractivity contribution is -0.136. The molecule has 3 amide bonds. The van der Waals surface area contributed by atoms with Crippen molar-refractivity contribution in [2.24, 2.45) is 0 Å². The van der Waals surface area contributed by atoms with Crippen molar-refractivity contribution in [1.82, 2.24) is 21.1 Å². The van der Waals surface area contributed by atoms with Crippen molar-refractivity contribution in [3.63, 3.8) is 0 Å². The molecule has 5 N–H and O–H groups in total. The second-order valence-corrected chi connectivity index (χ2v) is 13.2. The van der Waals surface area contributed by atoms with Gasteiger partial charge >= 0.3 is 19.9 Å². The van der Waals surface area contributed by atoms with Gasteiger partial charge in [-0.15, -0.1) is 0 Å². The summed E-state index contributed by atoms with van der Waals surface area (Å²) >= 11 is 1.51. The number of hydrogen-bond acceptors (Lipinski definition) is 10. The predicted octanol–water partition coefficient (Wildman–Crippen LogP) is 2.15. The van der Waals surface area contributed by atoms with E-state index >= 15 is 0 Å². The first-order chi connectivity index (χ1) is 20.6. The van der Waals surface area contributed by atoms with Gasteiger partial charge in [0.15, 0.2) is 0 Å². The van der Waals surface area contributed by atoms with E-state index < -0.39 is 43.5 Å². The van der Waals surface area contributed by atoms with E-state index in [1.807, 2.05) is 0 Å². The molecule has 1 heterocycles. The molecule has 0 aromatic heterocycles. The van der Waals surface area contributed by atoms with E-state index in [1.165, 1.54) is 43.1 Å². The molecule has 0 aliphatic carbocycles. The Bertz CT molecular complexity index is 1360. The second-order valence-electron chi connectivity index (χ2n) is 10.8. The Hall–Kier alpha value is -3.62. The first-order valence-electron chi connectivity index (χ1n) is 13.6. The number of thioether (sulfide) groups is 1. The molecular formula is C28H37N4O10PS. The number of nitrogens with one attached hydrogen (secondary N) is 3. The number of phosphoric acid groups is 1. The van der Waals surface area contributed by atoms with E-state index in [9.17, 15) is 23.7 Å². The van der Waals surface area contributed by atoms with Crippen molar-refractivity contribution in [3.05, 3.63) is 65.2 Å². The summed E-state index contributed by atoms with van der Waals surface area (Å²) in [6.45, 7) is 5.80. The van der Waals surface area contributed by atoms with E-state index in [1.54, 1.807) is 49.9 Å². The number of rotatable bonds is 11. The molecule has 0 radical (unpaired) electrons. The Morgan fingerprint density at radius 1 is 1.07 bits per heavy atom. The lowest BCUT2D eigenvalue weighted by Crippen LogP contribution is -2.57. The van der Waals surface area contributed by atoms with Crippen molar-refractivity contribution >= 4 is 43.5 Å². The van der Waals surface area contributed by atoms with Gasteiger partial charge in [-0.05, 0) is 62.6 Å². The van der Waals surface area contributed by atoms with Crippen LogP contribution in [0.25, 0.3) is 0 Å². The molecule has 1 aliphatic rings. The smallest absolute Gasteiger partial charge is 0.465 e. The quantitative estimate of drug-likeness (QED) is 0.135. The molecule has 0 spiro atoms. The molecule has 14 nitrogen and oxygen atoms in total. The van der Waals surface area contributed by atoms with Gasteiger partial charge in [-0.2, -0.15) is 11.8 Å². The minimum absolute atomic E-state index is 0.0299. The van der Waals surface area contributed by atoms with Gasteiger partial charge in [0.1, 0.15) is 23.4 Å². The first kappa shape index (κ1) is 34.9. The maximum atomic E-state index is 13.5. The Morgan fingerprint density at radius 2 is 1.70 bits per heavy atom. The average Bonchev–Trinajstić information content (AvgIpc) is 3.11. The van der Waals surface area contributed by atoms with Gasteiger partial charge in [0, 0.05) is 24.6 Å². The number of hydrazine groups is 1. The number of methoxy groups -OCH3 is 1. The van der Waals surface area contributed by atoms with Crippen LogP contribution in [-0.2, 0) is 36.6 Å². The third-order valence-corrected chi connectivity index (χ3v) is 7.61. The lowest BCUT2D eigenvalue weighted by atomic mass is 10.1. The number of carbonyl (C=O) groups excluding carboxylic acids is 4. The van der Waals surface area contributed by atoms with Crippen molar-refractivity contribution in [1.29, 1.82) is 0 Å². The highest BCUT2D eigenvalue weighted by atomic mass is 32.2. The summed E-state index contributed by atoms with van der Waals surface area (Å²) in [5.74, 6) is -0.384. The number of hydrogen-bond donors (Lipinski definition) is 5. The molecule has 240 valence electrons. The summed E-state index contributed by atoms with van der Waals surface area (Å²) in [6, 6.07) is 10.5. The Labute approximate surface area is 259 Å². The minimum atomic E-state index is -4.74. The zero-order valence-corrected chi connectivity index (χ0v) is 26.5. The Kier molecular flexibility index (Phi) is 12.2. The molecular weight excluding hydrogens is 615 g/mol. The van der Waals surface area contributed by atoms with Crippen molar-refractivity contribution in [3.8, 4) is 5.75 Å². The van der Waals surface area contributed by atoms with Crippen molar-refractivity contribution in [2.75, 3.05) is 25.2 Å². The highest BCUT2D eigenvalue weighted by Crippen LogP contribution is 2.37. The largest absolute Gasteiger partial charge is 0.524 e. The minimum Gasteiger partial charge on any atom is -0.465 e. The number of carbonyl (C=O) groups is 4. The van der Waals surface area contributed by atoms with E-state index in [2.05, 4.69) is 20.7 Å². The molecule has 2 aromatic carbocycles. The molecule has 44 heavy (non-hydrogen) atoms. The van der Waals surface area contributed by atoms with Crippen LogP contribution >= 0.6 is 19.6 Å². The number of esters is 1. The number of nitrogens with zero attached hydrogens (tertiary/aromatic N) is 1. The maximum absolute atomic E-state index is 13.5. The van der Waals surface area contributed by atoms with Gasteiger partial charge in [-0.25, -0.2) is 19.6 Å². The van der Waals surface area contributed by atoms with Gasteiger partial charge in [0.2, 0.25) is 11.8 Å². The molecule has 0 saturated carbocycles. The monoisotopic (exact) mass is 652 g/mol. The molecule has 2 atom stereocenters. The van der Waals surface area contributed by atoms with Gasteiger partial charge in [0.05, 0.1) is 12.7 Å². The fourth-order valence-electron chi connectivity index (χ4n) is 4.11. The third kappa shape index (κ3) is 11.5. The predicted molar refractivity (Wildman–Crippen MR) is 162 cm³/mol. The van der Waals surface area contributed by atoms with E-state index in [0.717, 1.165) is 5.56 Å². The third-order valence-electron chi connectivity index (χ3n) is 6.12. The molecule has 3 rings (SSSR count). The zero-order valence-electron chi connectivity index (χ0n) is 24.8. The van der Waals surface area contributed by atoms with Crippen LogP contribution in [0.4, 0.5) is 4.79 Å². The molecule has 1 fully saturated rings. The summed E-state index contributed by atoms with van der Waals surface area (Å²) in [7, 11) is -3.45. The number of phosphoric ester groups is 1. The van der Waals surface area contributed by atoms with Crippen LogP contribution in [0.5, 0.6) is 5.75 Å². The van der Waals surface area contributed by atoms with Crippen LogP contribution in [0.3, 0.4) is 0 Å². The summed E-state index contributed by atoms with van der Waals surface area (Å²) in [4.78, 5) is 70.7. The highest BCUT2D eigenvalue weighted by Gasteiger charge is 2.31. The summed E-state index contributed by atoms with van der Waals surface area (Å²) in [5, 5.41) is 2.80. The number of ether oxygens (including phenoxy) is 2. The Morgan fingerprint density at radius 3 is 2.30 bits per heavy atom. The molecule has 1 aliphatic heterocycles. The molecule has 0 bridgehead atoms. The SMILES string of the molecule is COC(=O)c1ccc(CN2CCSC[C@H](NC(=O)[C@H](Cc3ccc(OP(=O)(O)O)cc3)NNC(=O)OC(C)(C)C)C2=O)cc1. The van der Waals surface area contributed by atoms with Crippen LogP contribution < -0.4 is 20.7 Å². The van der Waals surface area contributed by atoms with E-state index in [0.29, 0.717) is 29.2 Å². The lowest BCUT2D eigenvalue weighted by Gasteiger charge is -2.27. The van der Waals surface area contributed by atoms with Gasteiger partial charge < -0.3 is 24.2 Å². The molecule has 0 unspecified atom stereocenters. The van der Waals surface area contributed by atoms with E-state index in [4.69, 9.17) is 19.3 Å². The fourth-order valence-corrected chi connectivity index (χ4v) is 5.49. The second kappa shape index (κ2) is 15.4. The molecule has 1 saturated heterocycles. The first-order valence-corrected chi connectivity index (χ1v) is 16.2. The molecule has 16 heteroatoms. The normalized spacial score (nSPS) is 16.4. The molecule has 2 aromatic rings. The Balaban J connectivity index is 1.72. The zero-order chi connectivity index (χ0) is 32.5. The highest BCUT2D eigenvalue weighted by molar-refractivity contribution is 7.99. The standard InChI is InChI=1S/C28H37N4O10PS/c1-28(2,3)41-27(36)31-30-22(15-18-7-11-21(12-8-18)42-43(37,38)39)24(33)29-23-17-44-14-13-32(25(23)34)16-19-5-9-20(10-6-19)26(35)40-4/h5-12,22-23,30H,13-17H2,1-4H3,(H,29,33)(H,31,36)(H2,37,38,39)/t22-,23-/m0/s1. The van der Waals surface area contributed by atoms with Gasteiger partial charge in [-0.1, -0.05) is 24.3 Å². The number of amides is 3. The van der Waals surface area contributed by atoms with Gasteiger partial charge in [-0.3, -0.25) is 24.8 Å². The average molecular weight is 653 g/mol. The van der Waals surface area contributed by atoms with Crippen LogP contribution in [-0.4, -0.2) is 81.4 Å². The summed E-state index contributed by atoms with van der Waals surface area (Å²) in [6.07, 6.45) is -0.784. The van der Waals surface area contributed by atoms with Crippen molar-refractivity contribution < 1.29 is 47.5 Å². The van der Waals surface area contributed by atoms with Crippen molar-refractivity contribution in [2.45, 2.75) is 51.4 Å². The van der Waals surface area contributed by atoms with Gasteiger partial charge in [0.25, 0.3) is 0 Å². The van der Waals surface area contributed by atoms with Crippen LogP contribution in [0.1, 0.15) is 42.3 Å². The van der Waals surface area contributed by atoms with Crippen LogP contribution in [0, 0.1) is 0 Å². The summed E-state index contributed by atoms with van der Waals surface area (Å²) in [5.41, 5.74) is 6.02. The van der Waals surface area contributed by atoms with E-state index in [-0.39, 0.29) is 24.6 Å². The summed E-state index contributed by atoms with van der Waals surface area (Å²) < 4.78 is 25.7. The van der Waals surface area contributed by atoms with Crippen LogP contribution in [0.15, 0.2) is 48.5 Å².